The van der Waals surface area contributed by atoms with Gasteiger partial charge in [-0.15, -0.1) is 0 Å². The Bertz CT molecular complexity index is 611. The molecule has 3 rings (SSSR count). The molecule has 1 aromatic rings. The van der Waals surface area contributed by atoms with Gasteiger partial charge in [0.25, 0.3) is 0 Å². The van der Waals surface area contributed by atoms with Gasteiger partial charge < -0.3 is 15.1 Å². The van der Waals surface area contributed by atoms with E-state index in [0.29, 0.717) is 6.54 Å². The van der Waals surface area contributed by atoms with Gasteiger partial charge in [0.2, 0.25) is 11.8 Å². The minimum absolute atomic E-state index is 0.0358. The third kappa shape index (κ3) is 3.23. The lowest BCUT2D eigenvalue weighted by Gasteiger charge is -2.36. The fourth-order valence-corrected chi connectivity index (χ4v) is 3.89. The summed E-state index contributed by atoms with van der Waals surface area (Å²) in [6.45, 7) is 4.53. The van der Waals surface area contributed by atoms with Crippen molar-refractivity contribution in [3.05, 3.63) is 24.0 Å². The molecule has 1 N–H and O–H groups in total. The summed E-state index contributed by atoms with van der Waals surface area (Å²) < 4.78 is 0. The van der Waals surface area contributed by atoms with Gasteiger partial charge in [-0.05, 0) is 44.2 Å². The molecule has 0 saturated carbocycles. The Morgan fingerprint density at radius 2 is 1.96 bits per heavy atom. The van der Waals surface area contributed by atoms with Crippen LogP contribution in [0.25, 0.3) is 0 Å². The molecule has 0 radical (unpaired) electrons. The first-order chi connectivity index (χ1) is 11.6. The number of likely N-dealkylation sites (tertiary alicyclic amines) is 1. The van der Waals surface area contributed by atoms with Gasteiger partial charge in [-0.25, -0.2) is 0 Å². The van der Waals surface area contributed by atoms with E-state index < -0.39 is 0 Å². The highest BCUT2D eigenvalue weighted by atomic mass is 16.2. The summed E-state index contributed by atoms with van der Waals surface area (Å²) in [5.41, 5.74) is 2.38. The molecule has 6 nitrogen and oxygen atoms in total. The third-order valence-corrected chi connectivity index (χ3v) is 5.26. The highest BCUT2D eigenvalue weighted by Crippen LogP contribution is 2.28. The molecule has 130 valence electrons. The second-order valence-corrected chi connectivity index (χ2v) is 6.73. The molecule has 2 amide bonds. The number of anilines is 1. The standard InChI is InChI=1S/C18H26N4O2/c1-13-12-20-8-5-15(13)21-10-6-14(7-11-21)18(24)22-9-3-4-16(22)17(23)19-2/h5,8,12,14,16H,3-4,6-7,9-11H2,1-2H3,(H,19,23). The first-order valence-corrected chi connectivity index (χ1v) is 8.79. The molecule has 0 aromatic carbocycles. The number of piperidine rings is 1. The fraction of sp³-hybridized carbons (Fsp3) is 0.611. The zero-order valence-corrected chi connectivity index (χ0v) is 14.5. The number of aromatic nitrogens is 1. The molecule has 3 heterocycles. The van der Waals surface area contributed by atoms with Gasteiger partial charge in [0, 0.05) is 50.7 Å². The Hall–Kier alpha value is -2.11. The van der Waals surface area contributed by atoms with Gasteiger partial charge >= 0.3 is 0 Å². The average Bonchev–Trinajstić information content (AvgIpc) is 3.11. The number of rotatable bonds is 3. The van der Waals surface area contributed by atoms with Crippen LogP contribution >= 0.6 is 0 Å². The number of pyridine rings is 1. The predicted molar refractivity (Wildman–Crippen MR) is 92.7 cm³/mol. The maximum absolute atomic E-state index is 12.9. The van der Waals surface area contributed by atoms with Crippen molar-refractivity contribution in [2.45, 2.75) is 38.6 Å². The summed E-state index contributed by atoms with van der Waals surface area (Å²) in [6, 6.07) is 1.77. The third-order valence-electron chi connectivity index (χ3n) is 5.26. The van der Waals surface area contributed by atoms with Gasteiger partial charge in [0.05, 0.1) is 0 Å². The van der Waals surface area contributed by atoms with E-state index in [1.54, 1.807) is 11.9 Å². The van der Waals surface area contributed by atoms with E-state index >= 15 is 0 Å². The number of nitrogens with zero attached hydrogens (tertiary/aromatic N) is 3. The van der Waals surface area contributed by atoms with Crippen LogP contribution in [0.1, 0.15) is 31.2 Å². The molecule has 1 aromatic heterocycles. The normalized spacial score (nSPS) is 21.8. The van der Waals surface area contributed by atoms with E-state index in [9.17, 15) is 9.59 Å². The predicted octanol–water partition coefficient (Wildman–Crippen LogP) is 1.34. The largest absolute Gasteiger partial charge is 0.371 e. The van der Waals surface area contributed by atoms with Crippen LogP contribution in [0, 0.1) is 12.8 Å². The number of nitrogens with one attached hydrogen (secondary N) is 1. The smallest absolute Gasteiger partial charge is 0.242 e. The Morgan fingerprint density at radius 1 is 1.21 bits per heavy atom. The van der Waals surface area contributed by atoms with Crippen LogP contribution in [0.2, 0.25) is 0 Å². The molecule has 6 heteroatoms. The lowest BCUT2D eigenvalue weighted by Crippen LogP contribution is -2.49. The van der Waals surface area contributed by atoms with Crippen LogP contribution in [-0.2, 0) is 9.59 Å². The van der Waals surface area contributed by atoms with Gasteiger partial charge in [-0.1, -0.05) is 0 Å². The molecule has 2 aliphatic heterocycles. The summed E-state index contributed by atoms with van der Waals surface area (Å²) in [4.78, 5) is 33.1. The molecule has 2 saturated heterocycles. The van der Waals surface area contributed by atoms with Crippen LogP contribution < -0.4 is 10.2 Å². The number of hydrogen-bond acceptors (Lipinski definition) is 4. The van der Waals surface area contributed by atoms with Gasteiger partial charge in [0.15, 0.2) is 0 Å². The van der Waals surface area contributed by atoms with E-state index in [0.717, 1.165) is 38.8 Å². The molecule has 24 heavy (non-hydrogen) atoms. The molecule has 2 fully saturated rings. The van der Waals surface area contributed by atoms with E-state index in [-0.39, 0.29) is 23.8 Å². The Labute approximate surface area is 143 Å². The van der Waals surface area contributed by atoms with Crippen molar-refractivity contribution >= 4 is 17.5 Å². The Kier molecular flexibility index (Phi) is 5.02. The minimum atomic E-state index is -0.275. The quantitative estimate of drug-likeness (QED) is 0.908. The lowest BCUT2D eigenvalue weighted by atomic mass is 9.94. The molecule has 0 bridgehead atoms. The molecule has 0 spiro atoms. The first-order valence-electron chi connectivity index (χ1n) is 8.79. The van der Waals surface area contributed by atoms with Gasteiger partial charge in [-0.3, -0.25) is 14.6 Å². The van der Waals surface area contributed by atoms with Crippen LogP contribution in [-0.4, -0.2) is 54.4 Å². The van der Waals surface area contributed by atoms with Crippen molar-refractivity contribution in [1.82, 2.24) is 15.2 Å². The number of hydrogen-bond donors (Lipinski definition) is 1. The van der Waals surface area contributed by atoms with Crippen molar-refractivity contribution in [3.8, 4) is 0 Å². The highest BCUT2D eigenvalue weighted by molar-refractivity contribution is 5.89. The second-order valence-electron chi connectivity index (χ2n) is 6.73. The molecule has 0 aliphatic carbocycles. The van der Waals surface area contributed by atoms with Crippen molar-refractivity contribution in [1.29, 1.82) is 0 Å². The number of likely N-dealkylation sites (N-methyl/N-ethyl adjacent to an activating group) is 1. The number of carbonyl (C=O) groups is 2. The number of carbonyl (C=O) groups excluding carboxylic acids is 2. The minimum Gasteiger partial charge on any atom is -0.371 e. The van der Waals surface area contributed by atoms with Crippen LogP contribution in [0.3, 0.4) is 0 Å². The monoisotopic (exact) mass is 330 g/mol. The summed E-state index contributed by atoms with van der Waals surface area (Å²) in [7, 11) is 1.64. The van der Waals surface area contributed by atoms with E-state index in [4.69, 9.17) is 0 Å². The van der Waals surface area contributed by atoms with E-state index in [1.807, 2.05) is 18.5 Å². The molecule has 2 aliphatic rings. The summed E-state index contributed by atoms with van der Waals surface area (Å²) in [5.74, 6) is 0.159. The highest BCUT2D eigenvalue weighted by Gasteiger charge is 2.37. The van der Waals surface area contributed by atoms with Gasteiger partial charge in [-0.2, -0.15) is 0 Å². The number of aryl methyl sites for hydroxylation is 1. The number of amides is 2. The van der Waals surface area contributed by atoms with E-state index in [1.165, 1.54) is 11.3 Å². The maximum Gasteiger partial charge on any atom is 0.242 e. The van der Waals surface area contributed by atoms with Crippen molar-refractivity contribution in [3.63, 3.8) is 0 Å². The average molecular weight is 330 g/mol. The summed E-state index contributed by atoms with van der Waals surface area (Å²) in [6.07, 6.45) is 7.08. The Morgan fingerprint density at radius 3 is 2.62 bits per heavy atom. The molecule has 1 atom stereocenters. The van der Waals surface area contributed by atoms with Crippen molar-refractivity contribution < 1.29 is 9.59 Å². The maximum atomic E-state index is 12.9. The van der Waals surface area contributed by atoms with Crippen molar-refractivity contribution in [2.75, 3.05) is 31.6 Å². The van der Waals surface area contributed by atoms with Gasteiger partial charge in [0.1, 0.15) is 6.04 Å². The fourth-order valence-electron chi connectivity index (χ4n) is 3.89. The zero-order valence-electron chi connectivity index (χ0n) is 14.5. The SMILES string of the molecule is CNC(=O)C1CCCN1C(=O)C1CCN(c2ccncc2C)CC1. The van der Waals surface area contributed by atoms with Crippen molar-refractivity contribution in [2.24, 2.45) is 5.92 Å². The topological polar surface area (TPSA) is 65.5 Å². The molecular weight excluding hydrogens is 304 g/mol. The second kappa shape index (κ2) is 7.20. The lowest BCUT2D eigenvalue weighted by molar-refractivity contribution is -0.142. The van der Waals surface area contributed by atoms with Crippen LogP contribution in [0.15, 0.2) is 18.5 Å². The molecule has 1 unspecified atom stereocenters. The molecular formula is C18H26N4O2. The summed E-state index contributed by atoms with van der Waals surface area (Å²) in [5, 5.41) is 2.68. The Balaban J connectivity index is 1.61. The zero-order chi connectivity index (χ0) is 17.1. The summed E-state index contributed by atoms with van der Waals surface area (Å²) >= 11 is 0. The first kappa shape index (κ1) is 16.7. The van der Waals surface area contributed by atoms with Crippen LogP contribution in [0.4, 0.5) is 5.69 Å². The van der Waals surface area contributed by atoms with E-state index in [2.05, 4.69) is 22.1 Å². The van der Waals surface area contributed by atoms with Crippen LogP contribution in [0.5, 0.6) is 0 Å².